The van der Waals surface area contributed by atoms with Gasteiger partial charge < -0.3 is 25.4 Å². The van der Waals surface area contributed by atoms with E-state index < -0.39 is 73.2 Å². The van der Waals surface area contributed by atoms with E-state index in [1.54, 1.807) is 41.5 Å². The smallest absolute Gasteiger partial charge is 0.407 e. The molecule has 0 spiro atoms. The summed E-state index contributed by atoms with van der Waals surface area (Å²) in [4.78, 5) is 53.2. The van der Waals surface area contributed by atoms with Crippen LogP contribution in [0, 0.1) is 11.3 Å². The molecule has 3 rings (SSSR count). The molecule has 0 aromatic rings. The van der Waals surface area contributed by atoms with Crippen LogP contribution in [-0.2, 0) is 29.1 Å². The van der Waals surface area contributed by atoms with Gasteiger partial charge in [-0.1, -0.05) is 26.8 Å². The molecule has 3 fully saturated rings. The Balaban J connectivity index is 1.67. The molecule has 4 atom stereocenters. The molecule has 4 N–H and O–H groups in total. The molecule has 0 radical (unpaired) electrons. The number of aliphatic hydroxyl groups is 1. The minimum atomic E-state index is -3.93. The average molecular weight is 585 g/mol. The Morgan fingerprint density at radius 1 is 1.15 bits per heavy atom. The number of hydrogen-bond donors (Lipinski definition) is 4. The van der Waals surface area contributed by atoms with Gasteiger partial charge in [0.2, 0.25) is 21.8 Å². The summed E-state index contributed by atoms with van der Waals surface area (Å²) in [5.74, 6) is -2.35. The molecule has 13 heteroatoms. The van der Waals surface area contributed by atoms with Gasteiger partial charge in [-0.3, -0.25) is 19.1 Å². The number of nitrogens with one attached hydrogen (secondary N) is 3. The van der Waals surface area contributed by atoms with Crippen LogP contribution in [0.1, 0.15) is 80.1 Å². The van der Waals surface area contributed by atoms with Crippen molar-refractivity contribution in [1.82, 2.24) is 20.3 Å². The number of nitrogens with zero attached hydrogens (tertiary/aromatic N) is 1. The van der Waals surface area contributed by atoms with Crippen LogP contribution in [0.15, 0.2) is 12.7 Å². The second kappa shape index (κ2) is 11.0. The number of hydrogen-bond acceptors (Lipinski definition) is 8. The van der Waals surface area contributed by atoms with Crippen molar-refractivity contribution in [2.45, 2.75) is 108 Å². The second-order valence-electron chi connectivity index (χ2n) is 13.1. The summed E-state index contributed by atoms with van der Waals surface area (Å²) in [6.45, 7) is 14.3. The van der Waals surface area contributed by atoms with Gasteiger partial charge in [-0.05, 0) is 51.9 Å². The lowest BCUT2D eigenvalue weighted by Gasteiger charge is -2.31. The summed E-state index contributed by atoms with van der Waals surface area (Å²) in [5.41, 5.74) is -2.86. The highest BCUT2D eigenvalue weighted by atomic mass is 32.2. The van der Waals surface area contributed by atoms with Crippen LogP contribution >= 0.6 is 0 Å². The molecule has 12 nitrogen and oxygen atoms in total. The lowest BCUT2D eigenvalue weighted by molar-refractivity contribution is -0.141. The zero-order chi connectivity index (χ0) is 30.3. The van der Waals surface area contributed by atoms with Gasteiger partial charge in [0.25, 0.3) is 5.91 Å². The molecule has 2 saturated carbocycles. The first-order valence-corrected chi connectivity index (χ1v) is 15.2. The Kier molecular flexibility index (Phi) is 8.73. The summed E-state index contributed by atoms with van der Waals surface area (Å²) in [5, 5.41) is 15.7. The van der Waals surface area contributed by atoms with Crippen LogP contribution in [-0.4, -0.2) is 83.4 Å². The second-order valence-corrected chi connectivity index (χ2v) is 15.2. The minimum Gasteiger partial charge on any atom is -0.444 e. The number of likely N-dealkylation sites (tertiary alicyclic amines) is 1. The van der Waals surface area contributed by atoms with Gasteiger partial charge in [0, 0.05) is 31.8 Å². The number of carbonyl (C=O) groups is 4. The quantitative estimate of drug-likeness (QED) is 0.264. The zero-order valence-corrected chi connectivity index (χ0v) is 25.2. The lowest BCUT2D eigenvalue weighted by Crippen LogP contribution is -2.57. The number of β-amino-alcohol motifs (C(OH)–C–C–N with tert-alkyl or cyclic N) is 1. The molecule has 0 aromatic carbocycles. The number of rotatable bonds is 11. The molecule has 4 amide bonds. The van der Waals surface area contributed by atoms with E-state index in [9.17, 15) is 32.7 Å². The predicted octanol–water partition coefficient (Wildman–Crippen LogP) is 1.34. The van der Waals surface area contributed by atoms with Crippen molar-refractivity contribution in [1.29, 1.82) is 0 Å². The number of amides is 4. The molecule has 1 heterocycles. The third-order valence-corrected chi connectivity index (χ3v) is 10.2. The number of alkyl carbamates (subject to hydrolysis) is 1. The Labute approximate surface area is 236 Å². The molecular formula is C27H44N4O8S. The number of aliphatic hydroxyl groups excluding tert-OH is 1. The third kappa shape index (κ3) is 6.96. The fourth-order valence-corrected chi connectivity index (χ4v) is 6.81. The molecule has 1 aliphatic heterocycles. The Morgan fingerprint density at radius 2 is 1.77 bits per heavy atom. The van der Waals surface area contributed by atoms with Crippen molar-refractivity contribution in [3.8, 4) is 0 Å². The van der Waals surface area contributed by atoms with Crippen molar-refractivity contribution in [2.24, 2.45) is 11.3 Å². The maximum atomic E-state index is 13.4. The van der Waals surface area contributed by atoms with Gasteiger partial charge in [0.15, 0.2) is 0 Å². The highest BCUT2D eigenvalue weighted by Gasteiger charge is 2.63. The molecule has 4 unspecified atom stereocenters. The SMILES string of the molecule is C=CC1CC1(NC(=O)C1CC(O)CN1C(=O)CC(C)(C)CNC(=O)OC(C)(C)C)C(=O)NS(=O)(=O)C1(CC)CC1. The highest BCUT2D eigenvalue weighted by Crippen LogP contribution is 2.48. The summed E-state index contributed by atoms with van der Waals surface area (Å²) >= 11 is 0. The third-order valence-electron chi connectivity index (χ3n) is 7.94. The predicted molar refractivity (Wildman–Crippen MR) is 147 cm³/mol. The highest BCUT2D eigenvalue weighted by molar-refractivity contribution is 7.91. The average Bonchev–Trinajstić information content (AvgIpc) is 3.72. The van der Waals surface area contributed by atoms with E-state index in [4.69, 9.17) is 4.74 Å². The summed E-state index contributed by atoms with van der Waals surface area (Å²) < 4.78 is 32.2. The standard InChI is InChI=1S/C27H44N4O8S/c1-8-17-13-27(17,22(35)30-40(37,38)26(9-2)10-11-26)29-21(34)19-12-18(32)15-31(19)20(33)14-25(6,7)16-28-23(36)39-24(3,4)5/h8,17-19,32H,1,9-16H2,2-7H3,(H,28,36)(H,29,34)(H,30,35). The number of sulfonamides is 1. The van der Waals surface area contributed by atoms with Crippen LogP contribution in [0.2, 0.25) is 0 Å². The maximum Gasteiger partial charge on any atom is 0.407 e. The molecule has 40 heavy (non-hydrogen) atoms. The number of carbonyl (C=O) groups excluding carboxylic acids is 4. The van der Waals surface area contributed by atoms with E-state index in [0.29, 0.717) is 19.3 Å². The Morgan fingerprint density at radius 3 is 2.27 bits per heavy atom. The largest absolute Gasteiger partial charge is 0.444 e. The fraction of sp³-hybridized carbons (Fsp3) is 0.778. The van der Waals surface area contributed by atoms with Crippen molar-refractivity contribution in [3.63, 3.8) is 0 Å². The molecule has 0 bridgehead atoms. The van der Waals surface area contributed by atoms with E-state index in [-0.39, 0.29) is 32.4 Å². The first-order chi connectivity index (χ1) is 18.3. The monoisotopic (exact) mass is 584 g/mol. The first-order valence-electron chi connectivity index (χ1n) is 13.8. The van der Waals surface area contributed by atoms with Gasteiger partial charge in [-0.25, -0.2) is 13.2 Å². The van der Waals surface area contributed by atoms with Gasteiger partial charge in [0.05, 0.1) is 10.9 Å². The summed E-state index contributed by atoms with van der Waals surface area (Å²) in [6, 6.07) is -1.05. The van der Waals surface area contributed by atoms with Crippen molar-refractivity contribution >= 4 is 33.8 Å². The van der Waals surface area contributed by atoms with E-state index in [1.165, 1.54) is 11.0 Å². The first kappa shape index (κ1) is 31.9. The van der Waals surface area contributed by atoms with E-state index in [1.807, 2.05) is 0 Å². The fourth-order valence-electron chi connectivity index (χ4n) is 5.15. The van der Waals surface area contributed by atoms with Gasteiger partial charge in [-0.2, -0.15) is 0 Å². The van der Waals surface area contributed by atoms with Crippen LogP contribution in [0.25, 0.3) is 0 Å². The topological polar surface area (TPSA) is 171 Å². The minimum absolute atomic E-state index is 0.0259. The molecule has 1 saturated heterocycles. The van der Waals surface area contributed by atoms with Crippen molar-refractivity contribution in [3.05, 3.63) is 12.7 Å². The summed E-state index contributed by atoms with van der Waals surface area (Å²) in [6.07, 6.45) is 1.37. The Hall–Kier alpha value is -2.67. The zero-order valence-electron chi connectivity index (χ0n) is 24.3. The van der Waals surface area contributed by atoms with Crippen LogP contribution in [0.5, 0.6) is 0 Å². The maximum absolute atomic E-state index is 13.4. The van der Waals surface area contributed by atoms with Crippen LogP contribution in [0.4, 0.5) is 4.79 Å². The van der Waals surface area contributed by atoms with Crippen LogP contribution in [0.3, 0.4) is 0 Å². The molecule has 226 valence electrons. The van der Waals surface area contributed by atoms with E-state index in [2.05, 4.69) is 21.9 Å². The van der Waals surface area contributed by atoms with E-state index >= 15 is 0 Å². The van der Waals surface area contributed by atoms with Gasteiger partial charge in [0.1, 0.15) is 17.2 Å². The molecule has 3 aliphatic rings. The van der Waals surface area contributed by atoms with Crippen LogP contribution < -0.4 is 15.4 Å². The number of ether oxygens (including phenoxy) is 1. The molecule has 2 aliphatic carbocycles. The van der Waals surface area contributed by atoms with E-state index in [0.717, 1.165) is 0 Å². The van der Waals surface area contributed by atoms with Gasteiger partial charge >= 0.3 is 6.09 Å². The van der Waals surface area contributed by atoms with Gasteiger partial charge in [-0.15, -0.1) is 6.58 Å². The normalized spacial score (nSPS) is 27.4. The molecule has 0 aromatic heterocycles. The molecular weight excluding hydrogens is 540 g/mol. The lowest BCUT2D eigenvalue weighted by atomic mass is 9.88. The Bertz CT molecular complexity index is 1160. The van der Waals surface area contributed by atoms with Crippen molar-refractivity contribution < 1.29 is 37.4 Å². The van der Waals surface area contributed by atoms with Crippen molar-refractivity contribution in [2.75, 3.05) is 13.1 Å². The summed E-state index contributed by atoms with van der Waals surface area (Å²) in [7, 11) is -3.93.